The highest BCUT2D eigenvalue weighted by Crippen LogP contribution is 2.33. The van der Waals surface area contributed by atoms with Gasteiger partial charge in [0.05, 0.1) is 17.4 Å². The molecule has 2 heterocycles. The first kappa shape index (κ1) is 25.8. The third kappa shape index (κ3) is 6.91. The highest BCUT2D eigenvalue weighted by molar-refractivity contribution is 5.80. The zero-order chi connectivity index (χ0) is 25.3. The number of unbranched alkanes of at least 4 members (excludes halogenated alkanes) is 2. The average Bonchev–Trinajstić information content (AvgIpc) is 3.34. The molecule has 1 saturated heterocycles. The van der Waals surface area contributed by atoms with Crippen LogP contribution in [0.25, 0.3) is 22.5 Å². The van der Waals surface area contributed by atoms with Crippen LogP contribution in [0.4, 0.5) is 0 Å². The van der Waals surface area contributed by atoms with Crippen molar-refractivity contribution in [3.05, 3.63) is 66.5 Å². The highest BCUT2D eigenvalue weighted by Gasteiger charge is 2.27. The molecule has 1 amide bonds. The number of likely N-dealkylation sites (tertiary alicyclic amines) is 1. The van der Waals surface area contributed by atoms with Crippen LogP contribution >= 0.6 is 0 Å². The van der Waals surface area contributed by atoms with Crippen molar-refractivity contribution in [3.63, 3.8) is 0 Å². The molecule has 6 nitrogen and oxygen atoms in total. The largest absolute Gasteiger partial charge is 0.346 e. The van der Waals surface area contributed by atoms with E-state index < -0.39 is 0 Å². The third-order valence-electron chi connectivity index (χ3n) is 7.09. The predicted molar refractivity (Wildman–Crippen MR) is 144 cm³/mol. The molecule has 36 heavy (non-hydrogen) atoms. The molecule has 1 unspecified atom stereocenters. The van der Waals surface area contributed by atoms with Crippen LogP contribution < -0.4 is 5.32 Å². The molecule has 1 aliphatic heterocycles. The van der Waals surface area contributed by atoms with Crippen molar-refractivity contribution in [3.8, 4) is 22.5 Å². The zero-order valence-corrected chi connectivity index (χ0v) is 21.5. The van der Waals surface area contributed by atoms with Gasteiger partial charge in [-0.1, -0.05) is 73.5 Å². The fourth-order valence-corrected chi connectivity index (χ4v) is 4.91. The van der Waals surface area contributed by atoms with Gasteiger partial charge in [0.25, 0.3) is 0 Å². The molecule has 0 bridgehead atoms. The van der Waals surface area contributed by atoms with Gasteiger partial charge in [0.2, 0.25) is 5.91 Å². The Labute approximate surface area is 214 Å². The number of hydrogen-bond donors (Lipinski definition) is 2. The van der Waals surface area contributed by atoms with Gasteiger partial charge in [-0.05, 0) is 52.7 Å². The molecule has 2 aromatic carbocycles. The number of rotatable bonds is 11. The number of piperidine rings is 1. The number of nitrogens with zero attached hydrogens (tertiary/aromatic N) is 2. The van der Waals surface area contributed by atoms with Crippen molar-refractivity contribution in [1.82, 2.24) is 20.2 Å². The second-order valence-electron chi connectivity index (χ2n) is 10.0. The van der Waals surface area contributed by atoms with E-state index in [1.165, 1.54) is 0 Å². The van der Waals surface area contributed by atoms with Gasteiger partial charge in [-0.15, -0.1) is 0 Å². The van der Waals surface area contributed by atoms with E-state index in [4.69, 9.17) is 4.98 Å². The summed E-state index contributed by atoms with van der Waals surface area (Å²) in [4.78, 5) is 35.5. The smallest absolute Gasteiger partial charge is 0.223 e. The van der Waals surface area contributed by atoms with Crippen LogP contribution in [0.3, 0.4) is 0 Å². The number of amides is 1. The van der Waals surface area contributed by atoms with E-state index >= 15 is 0 Å². The summed E-state index contributed by atoms with van der Waals surface area (Å²) in [5, 5.41) is 3.34. The van der Waals surface area contributed by atoms with Gasteiger partial charge in [0.1, 0.15) is 11.6 Å². The van der Waals surface area contributed by atoms with Crippen molar-refractivity contribution in [1.29, 1.82) is 0 Å². The summed E-state index contributed by atoms with van der Waals surface area (Å²) < 4.78 is 0. The minimum Gasteiger partial charge on any atom is -0.346 e. The first-order valence-corrected chi connectivity index (χ1v) is 13.2. The highest BCUT2D eigenvalue weighted by atomic mass is 16.2. The maximum atomic E-state index is 13.3. The lowest BCUT2D eigenvalue weighted by molar-refractivity contribution is -0.127. The predicted octanol–water partition coefficient (Wildman–Crippen LogP) is 5.78. The molecule has 3 aromatic rings. The number of aromatic nitrogens is 2. The molecule has 1 aliphatic rings. The van der Waals surface area contributed by atoms with E-state index in [1.807, 2.05) is 36.4 Å². The maximum absolute atomic E-state index is 13.3. The molecule has 1 aromatic heterocycles. The van der Waals surface area contributed by atoms with Gasteiger partial charge in [0, 0.05) is 23.5 Å². The summed E-state index contributed by atoms with van der Waals surface area (Å²) in [7, 11) is 2.11. The lowest BCUT2D eigenvalue weighted by atomic mass is 9.95. The minimum atomic E-state index is -0.200. The monoisotopic (exact) mass is 486 g/mol. The van der Waals surface area contributed by atoms with Crippen LogP contribution in [0.1, 0.15) is 63.7 Å². The van der Waals surface area contributed by atoms with Gasteiger partial charge >= 0.3 is 0 Å². The fraction of sp³-hybridized carbons (Fsp3) is 0.433. The van der Waals surface area contributed by atoms with Crippen LogP contribution in [-0.2, 0) is 9.59 Å². The number of carbonyl (C=O) groups excluding carboxylic acids is 2. The fourth-order valence-electron chi connectivity index (χ4n) is 4.91. The number of ketones is 1. The van der Waals surface area contributed by atoms with E-state index in [0.717, 1.165) is 80.0 Å². The van der Waals surface area contributed by atoms with Crippen molar-refractivity contribution in [2.75, 3.05) is 20.1 Å². The first-order chi connectivity index (χ1) is 17.5. The lowest BCUT2D eigenvalue weighted by Gasteiger charge is -2.29. The SMILES string of the molecule is CC(=O)CCCCCC(NC(=O)C1CCN(C)CC1)c1nc(-c2ccccc2)c(-c2ccccc2)[nH]1. The number of benzene rings is 2. The Kier molecular flexibility index (Phi) is 9.06. The van der Waals surface area contributed by atoms with Gasteiger partial charge in [-0.25, -0.2) is 4.98 Å². The van der Waals surface area contributed by atoms with Gasteiger partial charge in [0.15, 0.2) is 0 Å². The standard InChI is InChI=1S/C30H38N4O2/c1-22(35)12-6-3-11-17-26(31-30(36)25-18-20-34(2)21-19-25)29-32-27(23-13-7-4-8-14-23)28(33-29)24-15-9-5-10-16-24/h4-5,7-10,13-16,25-26H,3,6,11-12,17-21H2,1-2H3,(H,31,36)(H,32,33). The summed E-state index contributed by atoms with van der Waals surface area (Å²) in [6.07, 6.45) is 5.93. The second-order valence-corrected chi connectivity index (χ2v) is 10.0. The first-order valence-electron chi connectivity index (χ1n) is 13.2. The third-order valence-corrected chi connectivity index (χ3v) is 7.09. The molecule has 0 saturated carbocycles. The molecule has 0 spiro atoms. The second kappa shape index (κ2) is 12.6. The summed E-state index contributed by atoms with van der Waals surface area (Å²) in [5.74, 6) is 1.18. The maximum Gasteiger partial charge on any atom is 0.223 e. The number of carbonyl (C=O) groups is 2. The van der Waals surface area contributed by atoms with Crippen LogP contribution in [0.2, 0.25) is 0 Å². The average molecular weight is 487 g/mol. The number of aromatic amines is 1. The van der Waals surface area contributed by atoms with Crippen molar-refractivity contribution >= 4 is 11.7 Å². The Morgan fingerprint density at radius 2 is 1.61 bits per heavy atom. The molecular weight excluding hydrogens is 448 g/mol. The Balaban J connectivity index is 1.60. The van der Waals surface area contributed by atoms with Gasteiger partial charge < -0.3 is 20.0 Å². The van der Waals surface area contributed by atoms with Crippen LogP contribution in [0.5, 0.6) is 0 Å². The summed E-state index contributed by atoms with van der Waals surface area (Å²) in [6, 6.07) is 20.2. The van der Waals surface area contributed by atoms with E-state index in [2.05, 4.69) is 46.5 Å². The van der Waals surface area contributed by atoms with Crippen molar-refractivity contribution < 1.29 is 9.59 Å². The zero-order valence-electron chi connectivity index (χ0n) is 21.5. The Morgan fingerprint density at radius 1 is 0.972 bits per heavy atom. The summed E-state index contributed by atoms with van der Waals surface area (Å²) >= 11 is 0. The number of H-pyrrole nitrogens is 1. The van der Waals surface area contributed by atoms with Crippen LogP contribution in [0.15, 0.2) is 60.7 Å². The number of hydrogen-bond acceptors (Lipinski definition) is 4. The Hall–Kier alpha value is -3.25. The van der Waals surface area contributed by atoms with Crippen molar-refractivity contribution in [2.24, 2.45) is 5.92 Å². The van der Waals surface area contributed by atoms with Crippen LogP contribution in [-0.4, -0.2) is 46.7 Å². The van der Waals surface area contributed by atoms with E-state index in [9.17, 15) is 9.59 Å². The van der Waals surface area contributed by atoms with Crippen LogP contribution in [0, 0.1) is 5.92 Å². The molecular formula is C30H38N4O2. The van der Waals surface area contributed by atoms with E-state index in [-0.39, 0.29) is 23.7 Å². The normalized spacial score (nSPS) is 15.5. The minimum absolute atomic E-state index is 0.0403. The van der Waals surface area contributed by atoms with E-state index in [0.29, 0.717) is 6.42 Å². The van der Waals surface area contributed by atoms with Gasteiger partial charge in [-0.2, -0.15) is 0 Å². The van der Waals surface area contributed by atoms with Gasteiger partial charge in [-0.3, -0.25) is 4.79 Å². The molecule has 2 N–H and O–H groups in total. The van der Waals surface area contributed by atoms with E-state index in [1.54, 1.807) is 6.92 Å². The topological polar surface area (TPSA) is 78.1 Å². The quantitative estimate of drug-likeness (QED) is 0.337. The lowest BCUT2D eigenvalue weighted by Crippen LogP contribution is -2.40. The molecule has 0 radical (unpaired) electrons. The molecule has 6 heteroatoms. The summed E-state index contributed by atoms with van der Waals surface area (Å²) in [6.45, 7) is 3.54. The molecule has 190 valence electrons. The molecule has 1 atom stereocenters. The molecule has 1 fully saturated rings. The number of nitrogens with one attached hydrogen (secondary N) is 2. The Bertz CT molecular complexity index is 1060. The number of Topliss-reactive ketones (excluding diaryl/α,β-unsaturated/α-hetero) is 1. The molecule has 0 aliphatic carbocycles. The summed E-state index contributed by atoms with van der Waals surface area (Å²) in [5.41, 5.74) is 3.97. The Morgan fingerprint density at radius 3 is 2.25 bits per heavy atom. The molecule has 4 rings (SSSR count). The van der Waals surface area contributed by atoms with Crippen molar-refractivity contribution in [2.45, 2.75) is 57.9 Å². The number of imidazole rings is 1.